The van der Waals surface area contributed by atoms with Gasteiger partial charge in [-0.25, -0.2) is 4.98 Å². The van der Waals surface area contributed by atoms with Crippen molar-refractivity contribution in [2.75, 3.05) is 6.61 Å². The number of hydrogen-bond donors (Lipinski definition) is 0. The molecule has 0 saturated carbocycles. The number of rotatable bonds is 6. The maximum atomic E-state index is 12.8. The first kappa shape index (κ1) is 23.6. The second-order valence-corrected chi connectivity index (χ2v) is 7.45. The third-order valence-electron chi connectivity index (χ3n) is 5.09. The average Bonchev–Trinajstić information content (AvgIpc) is 3.14. The van der Waals surface area contributed by atoms with E-state index in [0.717, 1.165) is 5.56 Å². The summed E-state index contributed by atoms with van der Waals surface area (Å²) in [7, 11) is 0. The van der Waals surface area contributed by atoms with Crippen molar-refractivity contribution >= 4 is 11.1 Å². The Hall–Kier alpha value is -3.06. The molecule has 0 radical (unpaired) electrons. The van der Waals surface area contributed by atoms with Gasteiger partial charge in [0, 0.05) is 12.2 Å². The molecule has 0 aliphatic carbocycles. The number of benzene rings is 2. The molecule has 0 aliphatic heterocycles. The van der Waals surface area contributed by atoms with Crippen molar-refractivity contribution in [2.24, 2.45) is 0 Å². The first-order valence-corrected chi connectivity index (χ1v) is 9.54. The Bertz CT molecular complexity index is 1130. The number of nitrogens with zero attached hydrogens (tertiary/aromatic N) is 2. The predicted molar refractivity (Wildman–Crippen MR) is 104 cm³/mol. The Balaban J connectivity index is 1.65. The Morgan fingerprint density at radius 2 is 1.66 bits per heavy atom. The molecule has 0 unspecified atom stereocenters. The van der Waals surface area contributed by atoms with Crippen LogP contribution in [0.4, 0.5) is 26.3 Å². The summed E-state index contributed by atoms with van der Waals surface area (Å²) >= 11 is 0. The second-order valence-electron chi connectivity index (χ2n) is 7.45. The summed E-state index contributed by atoms with van der Waals surface area (Å²) in [4.78, 5) is 4.38. The Morgan fingerprint density at radius 3 is 2.22 bits per heavy atom. The number of ether oxygens (including phenoxy) is 1. The highest BCUT2D eigenvalue weighted by Gasteiger charge is 2.69. The highest BCUT2D eigenvalue weighted by Crippen LogP contribution is 2.45. The fourth-order valence-corrected chi connectivity index (χ4v) is 3.08. The van der Waals surface area contributed by atoms with Crippen molar-refractivity contribution < 1.29 is 35.5 Å². The van der Waals surface area contributed by atoms with Crippen LogP contribution < -0.4 is 0 Å². The van der Waals surface area contributed by atoms with Gasteiger partial charge in [0.2, 0.25) is 5.89 Å². The maximum absolute atomic E-state index is 12.8. The van der Waals surface area contributed by atoms with Crippen LogP contribution in [-0.2, 0) is 11.2 Å². The van der Waals surface area contributed by atoms with E-state index in [2.05, 4.69) is 9.72 Å². The molecule has 4 nitrogen and oxygen atoms in total. The van der Waals surface area contributed by atoms with E-state index in [1.165, 1.54) is 0 Å². The summed E-state index contributed by atoms with van der Waals surface area (Å²) in [5.74, 6) is 0.333. The highest BCUT2D eigenvalue weighted by atomic mass is 19.4. The monoisotopic (exact) mass is 456 g/mol. The van der Waals surface area contributed by atoms with Crippen LogP contribution >= 0.6 is 0 Å². The smallest absolute Gasteiger partial charge is 0.426 e. The van der Waals surface area contributed by atoms with Crippen LogP contribution in [0.3, 0.4) is 0 Å². The maximum Gasteiger partial charge on any atom is 0.426 e. The van der Waals surface area contributed by atoms with Crippen LogP contribution in [0.1, 0.15) is 30.0 Å². The van der Waals surface area contributed by atoms with Gasteiger partial charge in [-0.15, -0.1) is 0 Å². The third-order valence-corrected chi connectivity index (χ3v) is 5.09. The molecule has 170 valence electrons. The molecular weight excluding hydrogens is 438 g/mol. The minimum Gasteiger partial charge on any atom is -0.436 e. The topological polar surface area (TPSA) is 59.0 Å². The van der Waals surface area contributed by atoms with Gasteiger partial charge in [-0.05, 0) is 62.1 Å². The van der Waals surface area contributed by atoms with Crippen molar-refractivity contribution in [3.05, 3.63) is 53.1 Å². The summed E-state index contributed by atoms with van der Waals surface area (Å²) in [5.41, 5.74) is -0.551. The molecule has 0 aliphatic rings. The van der Waals surface area contributed by atoms with E-state index in [1.54, 1.807) is 43.3 Å². The molecule has 0 saturated heterocycles. The molecular formula is C22H18F6N2O2. The molecule has 1 heterocycles. The first-order valence-electron chi connectivity index (χ1n) is 9.54. The zero-order chi connectivity index (χ0) is 23.7. The summed E-state index contributed by atoms with van der Waals surface area (Å²) in [6.07, 6.45) is -10.9. The average molecular weight is 456 g/mol. The largest absolute Gasteiger partial charge is 0.436 e. The van der Waals surface area contributed by atoms with Gasteiger partial charge in [-0.3, -0.25) is 0 Å². The van der Waals surface area contributed by atoms with Crippen LogP contribution in [0.5, 0.6) is 0 Å². The number of fused-ring (bicyclic) bond motifs is 1. The molecule has 0 bridgehead atoms. The van der Waals surface area contributed by atoms with Crippen LogP contribution in [0.15, 0.2) is 40.8 Å². The Labute approximate surface area is 179 Å². The highest BCUT2D eigenvalue weighted by molar-refractivity contribution is 5.80. The van der Waals surface area contributed by atoms with Gasteiger partial charge in [0.25, 0.3) is 5.60 Å². The third kappa shape index (κ3) is 4.58. The van der Waals surface area contributed by atoms with Crippen LogP contribution in [-0.4, -0.2) is 29.5 Å². The van der Waals surface area contributed by atoms with Gasteiger partial charge in [0.05, 0.1) is 11.6 Å². The number of oxazole rings is 1. The van der Waals surface area contributed by atoms with E-state index < -0.39 is 24.6 Å². The van der Waals surface area contributed by atoms with Gasteiger partial charge in [-0.2, -0.15) is 31.6 Å². The fraction of sp³-hybridized carbons (Fsp3) is 0.364. The predicted octanol–water partition coefficient (Wildman–Crippen LogP) is 6.51. The molecule has 0 fully saturated rings. The molecule has 32 heavy (non-hydrogen) atoms. The summed E-state index contributed by atoms with van der Waals surface area (Å²) in [6.45, 7) is 1.08. The Kier molecular flexibility index (Phi) is 6.24. The molecule has 3 aromatic rings. The molecule has 3 rings (SSSR count). The number of nitriles is 1. The van der Waals surface area contributed by atoms with Gasteiger partial charge in [0.15, 0.2) is 5.58 Å². The molecule has 0 N–H and O–H groups in total. The molecule has 0 spiro atoms. The minimum atomic E-state index is -5.57. The van der Waals surface area contributed by atoms with E-state index in [1.807, 2.05) is 6.07 Å². The minimum absolute atomic E-state index is 0.0105. The summed E-state index contributed by atoms with van der Waals surface area (Å²) in [5, 5.41) is 9.06. The van der Waals surface area contributed by atoms with E-state index in [0.29, 0.717) is 33.7 Å². The standard InChI is InChI=1S/C22H18F6N2O2/c1-13-10-15(12-29)11-17-18(13)32-19(30-17)16-7-5-14(6-8-16)4-3-9-31-20(2,21(23,24)25)22(26,27)28/h5-8,10-11H,3-4,9H2,1-2H3. The zero-order valence-electron chi connectivity index (χ0n) is 17.1. The van der Waals surface area contributed by atoms with Crippen molar-refractivity contribution in [3.63, 3.8) is 0 Å². The Morgan fingerprint density at radius 1 is 1.03 bits per heavy atom. The fourth-order valence-electron chi connectivity index (χ4n) is 3.08. The van der Waals surface area contributed by atoms with Crippen LogP contribution in [0.2, 0.25) is 0 Å². The molecule has 2 aromatic carbocycles. The number of aromatic nitrogens is 1. The second kappa shape index (κ2) is 8.47. The van der Waals surface area contributed by atoms with Crippen molar-refractivity contribution in [3.8, 4) is 17.5 Å². The number of halogens is 6. The first-order chi connectivity index (χ1) is 14.9. The molecule has 10 heteroatoms. The van der Waals surface area contributed by atoms with E-state index in [4.69, 9.17) is 9.68 Å². The normalized spacial score (nSPS) is 12.8. The summed E-state index contributed by atoms with van der Waals surface area (Å²) < 4.78 is 87.0. The quantitative estimate of drug-likeness (QED) is 0.314. The SMILES string of the molecule is Cc1cc(C#N)cc2nc(-c3ccc(CCCOC(C)(C(F)(F)F)C(F)(F)F)cc3)oc12. The van der Waals surface area contributed by atoms with E-state index >= 15 is 0 Å². The zero-order valence-corrected chi connectivity index (χ0v) is 17.1. The van der Waals surface area contributed by atoms with Gasteiger partial charge >= 0.3 is 12.4 Å². The lowest BCUT2D eigenvalue weighted by Crippen LogP contribution is -2.56. The van der Waals surface area contributed by atoms with Gasteiger partial charge in [-0.1, -0.05) is 12.1 Å². The van der Waals surface area contributed by atoms with E-state index in [-0.39, 0.29) is 19.8 Å². The van der Waals surface area contributed by atoms with Crippen molar-refractivity contribution in [1.29, 1.82) is 5.26 Å². The molecule has 0 atom stereocenters. The number of hydrogen-bond acceptors (Lipinski definition) is 4. The lowest BCUT2D eigenvalue weighted by atomic mass is 10.1. The van der Waals surface area contributed by atoms with E-state index in [9.17, 15) is 26.3 Å². The van der Waals surface area contributed by atoms with Gasteiger partial charge < -0.3 is 9.15 Å². The lowest BCUT2D eigenvalue weighted by molar-refractivity contribution is -0.374. The number of aryl methyl sites for hydroxylation is 2. The van der Waals surface area contributed by atoms with Gasteiger partial charge in [0.1, 0.15) is 5.52 Å². The van der Waals surface area contributed by atoms with Crippen LogP contribution in [0, 0.1) is 18.3 Å². The van der Waals surface area contributed by atoms with Crippen LogP contribution in [0.25, 0.3) is 22.6 Å². The summed E-state index contributed by atoms with van der Waals surface area (Å²) in [6, 6.07) is 12.1. The number of alkyl halides is 6. The molecule has 0 amide bonds. The molecule has 1 aromatic heterocycles. The van der Waals surface area contributed by atoms with Crippen molar-refractivity contribution in [2.45, 2.75) is 44.6 Å². The van der Waals surface area contributed by atoms with Crippen molar-refractivity contribution in [1.82, 2.24) is 4.98 Å². The lowest BCUT2D eigenvalue weighted by Gasteiger charge is -2.33.